The highest BCUT2D eigenvalue weighted by atomic mass is 16.5. The number of nitrogens with zero attached hydrogens (tertiary/aromatic N) is 2. The molecule has 1 heterocycles. The highest BCUT2D eigenvalue weighted by molar-refractivity contribution is 5.83. The molecule has 0 aromatic heterocycles. The summed E-state index contributed by atoms with van der Waals surface area (Å²) < 4.78 is 5.26. The quantitative estimate of drug-likeness (QED) is 0.825. The van der Waals surface area contributed by atoms with Crippen LogP contribution in [0.15, 0.2) is 53.5 Å². The molecule has 0 bridgehead atoms. The molecule has 1 N–H and O–H groups in total. The lowest BCUT2D eigenvalue weighted by atomic mass is 10.1. The summed E-state index contributed by atoms with van der Waals surface area (Å²) in [4.78, 5) is 7.10. The molecular weight excluding hydrogens is 300 g/mol. The Morgan fingerprint density at radius 2 is 1.83 bits per heavy atom. The van der Waals surface area contributed by atoms with Crippen molar-refractivity contribution in [1.82, 2.24) is 4.90 Å². The fourth-order valence-electron chi connectivity index (χ4n) is 3.16. The molecule has 1 saturated heterocycles. The summed E-state index contributed by atoms with van der Waals surface area (Å²) in [5.74, 6) is 1.14. The molecule has 0 aliphatic carbocycles. The summed E-state index contributed by atoms with van der Waals surface area (Å²) in [6, 6.07) is 15.8. The molecule has 1 aliphatic heterocycles. The number of benzene rings is 2. The maximum Gasteiger partial charge on any atom is 0.124 e. The van der Waals surface area contributed by atoms with Crippen molar-refractivity contribution in [2.75, 3.05) is 26.7 Å². The van der Waals surface area contributed by atoms with Gasteiger partial charge in [0, 0.05) is 11.8 Å². The maximum absolute atomic E-state index is 9.85. The molecule has 1 fully saturated rings. The van der Waals surface area contributed by atoms with Crippen LogP contribution in [-0.2, 0) is 0 Å². The summed E-state index contributed by atoms with van der Waals surface area (Å²) >= 11 is 0. The van der Waals surface area contributed by atoms with E-state index in [9.17, 15) is 5.11 Å². The van der Waals surface area contributed by atoms with E-state index in [0.717, 1.165) is 24.4 Å². The van der Waals surface area contributed by atoms with E-state index >= 15 is 0 Å². The van der Waals surface area contributed by atoms with Crippen molar-refractivity contribution in [2.24, 2.45) is 4.99 Å². The van der Waals surface area contributed by atoms with Gasteiger partial charge in [0.05, 0.1) is 19.7 Å². The van der Waals surface area contributed by atoms with Gasteiger partial charge in [-0.1, -0.05) is 24.3 Å². The zero-order valence-electron chi connectivity index (χ0n) is 14.1. The number of ether oxygens (including phenoxy) is 1. The number of likely N-dealkylation sites (tertiary alicyclic amines) is 1. The molecule has 0 amide bonds. The van der Waals surface area contributed by atoms with Gasteiger partial charge in [0.25, 0.3) is 0 Å². The number of para-hydroxylation sites is 1. The molecule has 3 rings (SSSR count). The van der Waals surface area contributed by atoms with E-state index in [1.54, 1.807) is 19.4 Å². The van der Waals surface area contributed by atoms with Gasteiger partial charge in [0.15, 0.2) is 0 Å². The normalized spacial score (nSPS) is 16.5. The number of phenolic OH excluding ortho intramolecular Hbond substituents is 1. The Labute approximate surface area is 143 Å². The van der Waals surface area contributed by atoms with Crippen LogP contribution in [0.4, 0.5) is 0 Å². The van der Waals surface area contributed by atoms with Crippen LogP contribution in [0, 0.1) is 0 Å². The number of aliphatic imine (C=N–C) groups is 1. The molecule has 0 unspecified atom stereocenters. The minimum atomic E-state index is 0.264. The van der Waals surface area contributed by atoms with Crippen LogP contribution in [0.1, 0.15) is 30.0 Å². The monoisotopic (exact) mass is 324 g/mol. The maximum atomic E-state index is 9.85. The second kappa shape index (κ2) is 7.97. The molecule has 2 aromatic rings. The number of rotatable bonds is 6. The van der Waals surface area contributed by atoms with E-state index in [-0.39, 0.29) is 11.8 Å². The Morgan fingerprint density at radius 3 is 2.50 bits per heavy atom. The number of hydrogen-bond acceptors (Lipinski definition) is 4. The lowest BCUT2D eigenvalue weighted by Gasteiger charge is -2.26. The summed E-state index contributed by atoms with van der Waals surface area (Å²) in [5, 5.41) is 9.85. The average Bonchev–Trinajstić information content (AvgIpc) is 3.15. The molecule has 0 radical (unpaired) electrons. The van der Waals surface area contributed by atoms with E-state index in [2.05, 4.69) is 22.0 Å². The van der Waals surface area contributed by atoms with Crippen LogP contribution in [0.2, 0.25) is 0 Å². The predicted octanol–water partition coefficient (Wildman–Crippen LogP) is 3.66. The van der Waals surface area contributed by atoms with Gasteiger partial charge >= 0.3 is 0 Å². The van der Waals surface area contributed by atoms with Crippen LogP contribution in [-0.4, -0.2) is 43.0 Å². The zero-order chi connectivity index (χ0) is 16.8. The van der Waals surface area contributed by atoms with Gasteiger partial charge in [-0.3, -0.25) is 9.89 Å². The topological polar surface area (TPSA) is 45.1 Å². The van der Waals surface area contributed by atoms with Crippen molar-refractivity contribution in [2.45, 2.75) is 18.9 Å². The third-order valence-corrected chi connectivity index (χ3v) is 4.53. The van der Waals surface area contributed by atoms with Gasteiger partial charge in [-0.25, -0.2) is 0 Å². The van der Waals surface area contributed by atoms with E-state index in [0.29, 0.717) is 6.54 Å². The minimum Gasteiger partial charge on any atom is -0.507 e. The van der Waals surface area contributed by atoms with Crippen molar-refractivity contribution in [1.29, 1.82) is 0 Å². The fourth-order valence-corrected chi connectivity index (χ4v) is 3.16. The smallest absolute Gasteiger partial charge is 0.124 e. The Hall–Kier alpha value is -2.33. The lowest BCUT2D eigenvalue weighted by molar-refractivity contribution is 0.252. The summed E-state index contributed by atoms with van der Waals surface area (Å²) in [7, 11) is 1.68. The Balaban J connectivity index is 1.76. The molecule has 126 valence electrons. The van der Waals surface area contributed by atoms with Crippen molar-refractivity contribution in [3.05, 3.63) is 59.7 Å². The standard InChI is InChI=1S/C20H24N2O2/c1-24-18-10-8-16(9-11-18)19(22-12-4-5-13-22)15-21-14-17-6-2-3-7-20(17)23/h2-3,6-11,14,19,23H,4-5,12-13,15H2,1H3/t19-/m0/s1. The van der Waals surface area contributed by atoms with Crippen molar-refractivity contribution in [3.8, 4) is 11.5 Å². The summed E-state index contributed by atoms with van der Waals surface area (Å²) in [6.45, 7) is 2.91. The van der Waals surface area contributed by atoms with Crippen LogP contribution < -0.4 is 4.74 Å². The molecule has 0 spiro atoms. The summed E-state index contributed by atoms with van der Waals surface area (Å²) in [5.41, 5.74) is 2.01. The number of phenols is 1. The first-order valence-electron chi connectivity index (χ1n) is 8.44. The van der Waals surface area contributed by atoms with Crippen LogP contribution >= 0.6 is 0 Å². The molecule has 4 heteroatoms. The predicted molar refractivity (Wildman–Crippen MR) is 97.1 cm³/mol. The molecule has 1 atom stereocenters. The number of hydrogen-bond donors (Lipinski definition) is 1. The van der Waals surface area contributed by atoms with E-state index < -0.39 is 0 Å². The first kappa shape index (κ1) is 16.5. The third kappa shape index (κ3) is 3.95. The van der Waals surface area contributed by atoms with Gasteiger partial charge in [-0.2, -0.15) is 0 Å². The zero-order valence-corrected chi connectivity index (χ0v) is 14.1. The highest BCUT2D eigenvalue weighted by Gasteiger charge is 2.23. The van der Waals surface area contributed by atoms with Crippen LogP contribution in [0.3, 0.4) is 0 Å². The Kier molecular flexibility index (Phi) is 5.49. The molecule has 2 aromatic carbocycles. The van der Waals surface area contributed by atoms with Gasteiger partial charge < -0.3 is 9.84 Å². The van der Waals surface area contributed by atoms with Crippen molar-refractivity contribution >= 4 is 6.21 Å². The first-order valence-corrected chi connectivity index (χ1v) is 8.44. The highest BCUT2D eigenvalue weighted by Crippen LogP contribution is 2.27. The minimum absolute atomic E-state index is 0.264. The second-order valence-electron chi connectivity index (χ2n) is 6.09. The molecule has 1 aliphatic rings. The SMILES string of the molecule is COc1ccc([C@H](CN=Cc2ccccc2O)N2CCCC2)cc1. The molecule has 0 saturated carbocycles. The third-order valence-electron chi connectivity index (χ3n) is 4.53. The molecular formula is C20H24N2O2. The van der Waals surface area contributed by atoms with Gasteiger partial charge in [0.2, 0.25) is 0 Å². The van der Waals surface area contributed by atoms with Gasteiger partial charge in [-0.05, 0) is 55.8 Å². The fraction of sp³-hybridized carbons (Fsp3) is 0.350. The van der Waals surface area contributed by atoms with E-state index in [4.69, 9.17) is 4.74 Å². The van der Waals surface area contributed by atoms with Crippen molar-refractivity contribution in [3.63, 3.8) is 0 Å². The number of aromatic hydroxyl groups is 1. The second-order valence-corrected chi connectivity index (χ2v) is 6.09. The molecule has 24 heavy (non-hydrogen) atoms. The largest absolute Gasteiger partial charge is 0.507 e. The Bertz CT molecular complexity index is 676. The molecule has 4 nitrogen and oxygen atoms in total. The van der Waals surface area contributed by atoms with E-state index in [1.165, 1.54) is 18.4 Å². The average molecular weight is 324 g/mol. The van der Waals surface area contributed by atoms with Crippen LogP contribution in [0.5, 0.6) is 11.5 Å². The lowest BCUT2D eigenvalue weighted by Crippen LogP contribution is -2.27. The number of methoxy groups -OCH3 is 1. The van der Waals surface area contributed by atoms with E-state index in [1.807, 2.05) is 30.3 Å². The van der Waals surface area contributed by atoms with Crippen molar-refractivity contribution < 1.29 is 9.84 Å². The van der Waals surface area contributed by atoms with Gasteiger partial charge in [-0.15, -0.1) is 0 Å². The van der Waals surface area contributed by atoms with Crippen LogP contribution in [0.25, 0.3) is 0 Å². The first-order chi connectivity index (χ1) is 11.8. The van der Waals surface area contributed by atoms with Gasteiger partial charge in [0.1, 0.15) is 11.5 Å². The summed E-state index contributed by atoms with van der Waals surface area (Å²) in [6.07, 6.45) is 4.26. The Morgan fingerprint density at radius 1 is 1.12 bits per heavy atom.